The van der Waals surface area contributed by atoms with Crippen LogP contribution in [0, 0.1) is 11.6 Å². The van der Waals surface area contributed by atoms with Crippen LogP contribution in [0.4, 0.5) is 8.78 Å². The lowest BCUT2D eigenvalue weighted by Crippen LogP contribution is -2.51. The highest BCUT2D eigenvalue weighted by atomic mass is 19.1. The number of carbonyl (C=O) groups is 2. The first kappa shape index (κ1) is 18.0. The second-order valence-corrected chi connectivity index (χ2v) is 6.09. The lowest BCUT2D eigenvalue weighted by atomic mass is 10.1. The van der Waals surface area contributed by atoms with Gasteiger partial charge in [-0.1, -0.05) is 12.1 Å². The standard InChI is InChI=1S/C19H19F2N3O2/c20-15-5-3-6-16(21)18(15)19(26)24-12-10-23(11-13-24)17(25)8-7-14-4-1-2-9-22-14/h1-6,9H,7-8,10-13H2. The van der Waals surface area contributed by atoms with Gasteiger partial charge in [0, 0.05) is 44.5 Å². The SMILES string of the molecule is O=C(CCc1ccccn1)N1CCN(C(=O)c2c(F)cccc2F)CC1. The number of nitrogens with zero attached hydrogens (tertiary/aromatic N) is 3. The van der Waals surface area contributed by atoms with Crippen molar-refractivity contribution in [3.63, 3.8) is 0 Å². The summed E-state index contributed by atoms with van der Waals surface area (Å²) in [5.74, 6) is -2.44. The monoisotopic (exact) mass is 359 g/mol. The molecular weight excluding hydrogens is 340 g/mol. The van der Waals surface area contributed by atoms with Crippen LogP contribution in [0.2, 0.25) is 0 Å². The Balaban J connectivity index is 1.54. The van der Waals surface area contributed by atoms with Gasteiger partial charge >= 0.3 is 0 Å². The fourth-order valence-electron chi connectivity index (χ4n) is 2.96. The molecule has 1 fully saturated rings. The first-order valence-corrected chi connectivity index (χ1v) is 8.47. The molecule has 1 aromatic heterocycles. The normalized spacial score (nSPS) is 14.4. The van der Waals surface area contributed by atoms with Gasteiger partial charge in [0.15, 0.2) is 0 Å². The molecule has 0 N–H and O–H groups in total. The molecule has 1 saturated heterocycles. The molecule has 26 heavy (non-hydrogen) atoms. The molecule has 5 nitrogen and oxygen atoms in total. The van der Waals surface area contributed by atoms with Crippen LogP contribution < -0.4 is 0 Å². The van der Waals surface area contributed by atoms with E-state index in [2.05, 4.69) is 4.98 Å². The van der Waals surface area contributed by atoms with Crippen molar-refractivity contribution in [3.05, 3.63) is 65.5 Å². The van der Waals surface area contributed by atoms with E-state index in [-0.39, 0.29) is 19.0 Å². The number of aryl methyl sites for hydroxylation is 1. The van der Waals surface area contributed by atoms with E-state index in [0.717, 1.165) is 17.8 Å². The third-order valence-corrected chi connectivity index (χ3v) is 4.42. The number of benzene rings is 1. The Morgan fingerprint density at radius 3 is 2.19 bits per heavy atom. The number of piperazine rings is 1. The van der Waals surface area contributed by atoms with Crippen molar-refractivity contribution in [1.29, 1.82) is 0 Å². The predicted octanol–water partition coefficient (Wildman–Crippen LogP) is 2.28. The lowest BCUT2D eigenvalue weighted by Gasteiger charge is -2.35. The van der Waals surface area contributed by atoms with Crippen LogP contribution in [0.3, 0.4) is 0 Å². The van der Waals surface area contributed by atoms with E-state index in [1.165, 1.54) is 11.0 Å². The Bertz CT molecular complexity index is 770. The maximum absolute atomic E-state index is 13.8. The average molecular weight is 359 g/mol. The van der Waals surface area contributed by atoms with Crippen LogP contribution in [0.1, 0.15) is 22.5 Å². The molecule has 0 bridgehead atoms. The maximum atomic E-state index is 13.8. The van der Waals surface area contributed by atoms with Gasteiger partial charge in [0.25, 0.3) is 5.91 Å². The van der Waals surface area contributed by atoms with Gasteiger partial charge in [0.1, 0.15) is 17.2 Å². The Labute approximate surface area is 150 Å². The molecule has 1 aromatic carbocycles. The van der Waals surface area contributed by atoms with Crippen molar-refractivity contribution in [2.24, 2.45) is 0 Å². The van der Waals surface area contributed by atoms with Crippen LogP contribution in [0.5, 0.6) is 0 Å². The number of pyridine rings is 1. The molecule has 1 aliphatic heterocycles. The minimum Gasteiger partial charge on any atom is -0.339 e. The van der Waals surface area contributed by atoms with Gasteiger partial charge in [-0.2, -0.15) is 0 Å². The zero-order valence-corrected chi connectivity index (χ0v) is 14.2. The molecule has 7 heteroatoms. The number of rotatable bonds is 4. The zero-order chi connectivity index (χ0) is 18.5. The Hall–Kier alpha value is -2.83. The molecule has 0 unspecified atom stereocenters. The summed E-state index contributed by atoms with van der Waals surface area (Å²) in [6.07, 6.45) is 2.58. The molecule has 2 heterocycles. The van der Waals surface area contributed by atoms with E-state index in [0.29, 0.717) is 25.9 Å². The average Bonchev–Trinajstić information content (AvgIpc) is 2.67. The highest BCUT2D eigenvalue weighted by Crippen LogP contribution is 2.16. The van der Waals surface area contributed by atoms with Crippen molar-refractivity contribution < 1.29 is 18.4 Å². The molecule has 0 radical (unpaired) electrons. The van der Waals surface area contributed by atoms with E-state index in [4.69, 9.17) is 0 Å². The van der Waals surface area contributed by atoms with E-state index in [1.54, 1.807) is 11.1 Å². The van der Waals surface area contributed by atoms with Crippen molar-refractivity contribution in [3.8, 4) is 0 Å². The van der Waals surface area contributed by atoms with E-state index in [1.807, 2.05) is 18.2 Å². The number of aromatic nitrogens is 1. The summed E-state index contributed by atoms with van der Waals surface area (Å²) in [6, 6.07) is 8.91. The topological polar surface area (TPSA) is 53.5 Å². The van der Waals surface area contributed by atoms with Crippen LogP contribution >= 0.6 is 0 Å². The molecule has 0 atom stereocenters. The fraction of sp³-hybridized carbons (Fsp3) is 0.316. The summed E-state index contributed by atoms with van der Waals surface area (Å²) in [5.41, 5.74) is 0.312. The molecule has 0 aliphatic carbocycles. The first-order chi connectivity index (χ1) is 12.6. The summed E-state index contributed by atoms with van der Waals surface area (Å²) in [5, 5.41) is 0. The summed E-state index contributed by atoms with van der Waals surface area (Å²) in [4.78, 5) is 31.9. The van der Waals surface area contributed by atoms with Gasteiger partial charge in [0.05, 0.1) is 0 Å². The minimum absolute atomic E-state index is 0.0141. The third-order valence-electron chi connectivity index (χ3n) is 4.42. The van der Waals surface area contributed by atoms with Gasteiger partial charge in [-0.3, -0.25) is 14.6 Å². The lowest BCUT2D eigenvalue weighted by molar-refractivity contribution is -0.132. The summed E-state index contributed by atoms with van der Waals surface area (Å²) in [7, 11) is 0. The quantitative estimate of drug-likeness (QED) is 0.842. The maximum Gasteiger partial charge on any atom is 0.259 e. The number of amides is 2. The summed E-state index contributed by atoms with van der Waals surface area (Å²) < 4.78 is 27.5. The minimum atomic E-state index is -0.871. The van der Waals surface area contributed by atoms with Crippen LogP contribution in [-0.4, -0.2) is 52.8 Å². The van der Waals surface area contributed by atoms with Crippen molar-refractivity contribution in [2.45, 2.75) is 12.8 Å². The predicted molar refractivity (Wildman–Crippen MR) is 91.4 cm³/mol. The van der Waals surface area contributed by atoms with Crippen molar-refractivity contribution in [1.82, 2.24) is 14.8 Å². The van der Waals surface area contributed by atoms with E-state index >= 15 is 0 Å². The van der Waals surface area contributed by atoms with Crippen molar-refractivity contribution in [2.75, 3.05) is 26.2 Å². The van der Waals surface area contributed by atoms with Gasteiger partial charge in [-0.25, -0.2) is 8.78 Å². The molecule has 136 valence electrons. The van der Waals surface area contributed by atoms with Gasteiger partial charge in [0.2, 0.25) is 5.91 Å². The Morgan fingerprint density at radius 1 is 0.923 bits per heavy atom. The van der Waals surface area contributed by atoms with Crippen LogP contribution in [0.15, 0.2) is 42.6 Å². The number of halogens is 2. The largest absolute Gasteiger partial charge is 0.339 e. The van der Waals surface area contributed by atoms with Gasteiger partial charge in [-0.15, -0.1) is 0 Å². The molecule has 1 aliphatic rings. The number of hydrogen-bond acceptors (Lipinski definition) is 3. The fourth-order valence-corrected chi connectivity index (χ4v) is 2.96. The Kier molecular flexibility index (Phi) is 5.55. The van der Waals surface area contributed by atoms with Crippen LogP contribution in [-0.2, 0) is 11.2 Å². The Morgan fingerprint density at radius 2 is 1.58 bits per heavy atom. The highest BCUT2D eigenvalue weighted by molar-refractivity contribution is 5.95. The smallest absolute Gasteiger partial charge is 0.259 e. The highest BCUT2D eigenvalue weighted by Gasteiger charge is 2.27. The van der Waals surface area contributed by atoms with E-state index < -0.39 is 23.1 Å². The number of carbonyl (C=O) groups excluding carboxylic acids is 2. The molecule has 2 aromatic rings. The molecule has 0 saturated carbocycles. The van der Waals surface area contributed by atoms with Gasteiger partial charge in [-0.05, 0) is 30.7 Å². The summed E-state index contributed by atoms with van der Waals surface area (Å²) >= 11 is 0. The zero-order valence-electron chi connectivity index (χ0n) is 14.2. The molecule has 0 spiro atoms. The third kappa shape index (κ3) is 4.04. The molecule has 2 amide bonds. The molecule has 3 rings (SSSR count). The van der Waals surface area contributed by atoms with Crippen LogP contribution in [0.25, 0.3) is 0 Å². The van der Waals surface area contributed by atoms with Gasteiger partial charge < -0.3 is 9.80 Å². The second kappa shape index (κ2) is 8.03. The molecular formula is C19H19F2N3O2. The van der Waals surface area contributed by atoms with E-state index in [9.17, 15) is 18.4 Å². The second-order valence-electron chi connectivity index (χ2n) is 6.09. The van der Waals surface area contributed by atoms with Crippen molar-refractivity contribution >= 4 is 11.8 Å². The summed E-state index contributed by atoms with van der Waals surface area (Å²) in [6.45, 7) is 1.20. The first-order valence-electron chi connectivity index (χ1n) is 8.47. The number of hydrogen-bond donors (Lipinski definition) is 0.